The van der Waals surface area contributed by atoms with Gasteiger partial charge in [-0.15, -0.1) is 0 Å². The summed E-state index contributed by atoms with van der Waals surface area (Å²) in [5.41, 5.74) is 2.95. The maximum atomic E-state index is 13.7. The van der Waals surface area contributed by atoms with E-state index in [9.17, 15) is 24.5 Å². The summed E-state index contributed by atoms with van der Waals surface area (Å²) in [5.74, 6) is -0.770. The van der Waals surface area contributed by atoms with Crippen LogP contribution < -0.4 is 44.1 Å². The van der Waals surface area contributed by atoms with Crippen LogP contribution in [0.4, 0.5) is 4.39 Å². The maximum absolute atomic E-state index is 13.7. The maximum Gasteiger partial charge on any atom is 1.00 e. The molecule has 2 aromatic carbocycles. The summed E-state index contributed by atoms with van der Waals surface area (Å²) in [6.45, 7) is 4.61. The van der Waals surface area contributed by atoms with Gasteiger partial charge in [-0.2, -0.15) is 0 Å². The van der Waals surface area contributed by atoms with E-state index in [1.54, 1.807) is 25.3 Å². The van der Waals surface area contributed by atoms with Gasteiger partial charge in [-0.05, 0) is 40.8 Å². The van der Waals surface area contributed by atoms with Gasteiger partial charge in [0.25, 0.3) is 0 Å². The standard InChI is InChI=1S/C26H33FO7.Na/c1-16(2)22-15-23(33-4)26(34-12-11-32-3)25(17-5-7-18(27)8-6-17)21(22)10-9-19(28)13-20(29)14-24(30)31;/h5-10,15-16,19-20,28-29H,11-14H2,1-4H3,(H,30,31);/q;+1/p-1/b10-9+;. The van der Waals surface area contributed by atoms with Crippen LogP contribution in [-0.2, 0) is 9.53 Å². The van der Waals surface area contributed by atoms with Crippen molar-refractivity contribution >= 4 is 12.0 Å². The quantitative estimate of drug-likeness (QED) is 0.294. The Hall–Kier alpha value is -1.94. The minimum atomic E-state index is -1.39. The van der Waals surface area contributed by atoms with Crippen LogP contribution in [0.1, 0.15) is 43.7 Å². The minimum Gasteiger partial charge on any atom is -0.550 e. The average molecular weight is 499 g/mol. The van der Waals surface area contributed by atoms with Gasteiger partial charge in [-0.1, -0.05) is 38.1 Å². The van der Waals surface area contributed by atoms with Gasteiger partial charge in [-0.3, -0.25) is 0 Å². The Kier molecular flexibility index (Phi) is 13.5. The van der Waals surface area contributed by atoms with Crippen molar-refractivity contribution in [3.05, 3.63) is 53.4 Å². The van der Waals surface area contributed by atoms with E-state index >= 15 is 0 Å². The number of benzene rings is 2. The van der Waals surface area contributed by atoms with Crippen molar-refractivity contribution in [2.24, 2.45) is 0 Å². The van der Waals surface area contributed by atoms with Crippen LogP contribution in [0.3, 0.4) is 0 Å². The van der Waals surface area contributed by atoms with Gasteiger partial charge in [0, 0.05) is 31.5 Å². The Balaban J connectivity index is 0.00000612. The molecular weight excluding hydrogens is 466 g/mol. The Morgan fingerprint density at radius 3 is 2.34 bits per heavy atom. The SMILES string of the molecule is COCCOc1c(OC)cc(C(C)C)c(/C=C/C(O)CC(O)CC(=O)[O-])c1-c1ccc(F)cc1.[Na+]. The molecule has 0 aliphatic heterocycles. The Morgan fingerprint density at radius 1 is 1.14 bits per heavy atom. The van der Waals surface area contributed by atoms with Crippen molar-refractivity contribution < 1.29 is 68.3 Å². The number of carbonyl (C=O) groups is 1. The fourth-order valence-corrected chi connectivity index (χ4v) is 3.60. The number of aliphatic hydroxyl groups excluding tert-OH is 2. The van der Waals surface area contributed by atoms with E-state index < -0.39 is 24.6 Å². The van der Waals surface area contributed by atoms with E-state index in [-0.39, 0.29) is 54.3 Å². The molecule has 0 radical (unpaired) electrons. The molecule has 186 valence electrons. The van der Waals surface area contributed by atoms with Crippen molar-refractivity contribution in [1.29, 1.82) is 0 Å². The molecule has 0 heterocycles. The van der Waals surface area contributed by atoms with Crippen molar-refractivity contribution in [2.75, 3.05) is 27.4 Å². The largest absolute Gasteiger partial charge is 1.00 e. The van der Waals surface area contributed by atoms with E-state index in [0.717, 1.165) is 11.1 Å². The molecule has 9 heteroatoms. The second-order valence-corrected chi connectivity index (χ2v) is 8.18. The second kappa shape index (κ2) is 15.2. The Bertz CT molecular complexity index is 977. The minimum absolute atomic E-state index is 0. The van der Waals surface area contributed by atoms with E-state index in [2.05, 4.69) is 0 Å². The molecule has 2 aromatic rings. The number of aliphatic carboxylic acids is 1. The number of carboxylic acid groups (broad SMARTS) is 1. The van der Waals surface area contributed by atoms with E-state index in [0.29, 0.717) is 29.2 Å². The van der Waals surface area contributed by atoms with Crippen LogP contribution >= 0.6 is 0 Å². The number of carbonyl (C=O) groups excluding carboxylic acids is 1. The summed E-state index contributed by atoms with van der Waals surface area (Å²) in [7, 11) is 3.10. The van der Waals surface area contributed by atoms with Gasteiger partial charge in [0.05, 0.1) is 25.9 Å². The molecule has 2 atom stereocenters. The predicted molar refractivity (Wildman–Crippen MR) is 125 cm³/mol. The van der Waals surface area contributed by atoms with Gasteiger partial charge in [0.2, 0.25) is 0 Å². The molecule has 0 spiro atoms. The molecule has 7 nitrogen and oxygen atoms in total. The zero-order valence-corrected chi connectivity index (χ0v) is 22.9. The van der Waals surface area contributed by atoms with Gasteiger partial charge >= 0.3 is 29.6 Å². The number of aliphatic hydroxyl groups is 2. The third-order valence-electron chi connectivity index (χ3n) is 5.23. The second-order valence-electron chi connectivity index (χ2n) is 8.18. The molecule has 2 N–H and O–H groups in total. The molecule has 0 saturated carbocycles. The van der Waals surface area contributed by atoms with E-state index in [1.807, 2.05) is 19.9 Å². The van der Waals surface area contributed by atoms with Crippen LogP contribution in [0, 0.1) is 5.82 Å². The van der Waals surface area contributed by atoms with Crippen LogP contribution in [0.5, 0.6) is 11.5 Å². The van der Waals surface area contributed by atoms with Crippen LogP contribution in [0.2, 0.25) is 0 Å². The molecule has 0 amide bonds. The molecular formula is C26H32FNaO7. The summed E-state index contributed by atoms with van der Waals surface area (Å²) >= 11 is 0. The average Bonchev–Trinajstić information content (AvgIpc) is 2.77. The summed E-state index contributed by atoms with van der Waals surface area (Å²) in [4.78, 5) is 10.7. The van der Waals surface area contributed by atoms with Crippen LogP contribution in [-0.4, -0.2) is 55.8 Å². The first-order valence-electron chi connectivity index (χ1n) is 11.0. The third-order valence-corrected chi connectivity index (χ3v) is 5.23. The molecule has 35 heavy (non-hydrogen) atoms. The van der Waals surface area contributed by atoms with E-state index in [1.165, 1.54) is 25.3 Å². The van der Waals surface area contributed by atoms with Crippen molar-refractivity contribution in [3.63, 3.8) is 0 Å². The molecule has 0 aromatic heterocycles. The van der Waals surface area contributed by atoms with Crippen molar-refractivity contribution in [2.45, 2.75) is 44.8 Å². The molecule has 0 fully saturated rings. The number of halogens is 1. The van der Waals surface area contributed by atoms with Gasteiger partial charge in [0.1, 0.15) is 12.4 Å². The first-order valence-corrected chi connectivity index (χ1v) is 11.0. The van der Waals surface area contributed by atoms with Gasteiger partial charge < -0.3 is 34.3 Å². The van der Waals surface area contributed by atoms with Crippen LogP contribution in [0.15, 0.2) is 36.4 Å². The number of ether oxygens (including phenoxy) is 3. The molecule has 2 rings (SSSR count). The number of methoxy groups -OCH3 is 2. The summed E-state index contributed by atoms with van der Waals surface area (Å²) < 4.78 is 30.4. The first kappa shape index (κ1) is 31.1. The number of rotatable bonds is 13. The summed E-state index contributed by atoms with van der Waals surface area (Å²) in [5, 5.41) is 30.9. The normalized spacial score (nSPS) is 12.9. The smallest absolute Gasteiger partial charge is 0.550 e. The third kappa shape index (κ3) is 9.22. The van der Waals surface area contributed by atoms with Gasteiger partial charge in [0.15, 0.2) is 11.5 Å². The van der Waals surface area contributed by atoms with Crippen LogP contribution in [0.25, 0.3) is 17.2 Å². The van der Waals surface area contributed by atoms with E-state index in [4.69, 9.17) is 14.2 Å². The topological polar surface area (TPSA) is 108 Å². The molecule has 0 aliphatic carbocycles. The number of carboxylic acids is 1. The Labute approximate surface area is 227 Å². The Morgan fingerprint density at radius 2 is 1.80 bits per heavy atom. The zero-order chi connectivity index (χ0) is 25.3. The summed E-state index contributed by atoms with van der Waals surface area (Å²) in [6.07, 6.45) is 0.111. The number of hydrogen-bond acceptors (Lipinski definition) is 7. The molecule has 0 saturated heterocycles. The van der Waals surface area contributed by atoms with Crippen molar-refractivity contribution in [3.8, 4) is 22.6 Å². The zero-order valence-electron chi connectivity index (χ0n) is 20.9. The van der Waals surface area contributed by atoms with Gasteiger partial charge in [-0.25, -0.2) is 4.39 Å². The predicted octanol–water partition coefficient (Wildman–Crippen LogP) is -0.0810. The fraction of sp³-hybridized carbons (Fsp3) is 0.423. The van der Waals surface area contributed by atoms with Crippen molar-refractivity contribution in [1.82, 2.24) is 0 Å². The number of hydrogen-bond donors (Lipinski definition) is 2. The molecule has 0 bridgehead atoms. The molecule has 2 unspecified atom stereocenters. The molecule has 0 aliphatic rings. The fourth-order valence-electron chi connectivity index (χ4n) is 3.60. The first-order chi connectivity index (χ1) is 16.2. The monoisotopic (exact) mass is 498 g/mol. The summed E-state index contributed by atoms with van der Waals surface area (Å²) in [6, 6.07) is 7.82.